The molecule has 3 aliphatic heterocycles. The van der Waals surface area contributed by atoms with Gasteiger partial charge in [-0.15, -0.1) is 5.11 Å². The lowest BCUT2D eigenvalue weighted by Crippen LogP contribution is -2.40. The molecule has 2 aromatic rings. The van der Waals surface area contributed by atoms with Crippen molar-refractivity contribution in [3.8, 4) is 0 Å². The highest BCUT2D eigenvalue weighted by Crippen LogP contribution is 2.60. The van der Waals surface area contributed by atoms with Crippen molar-refractivity contribution in [3.63, 3.8) is 0 Å². The van der Waals surface area contributed by atoms with E-state index in [1.807, 2.05) is 0 Å². The number of amides is 1. The highest BCUT2D eigenvalue weighted by molar-refractivity contribution is 7.61. The van der Waals surface area contributed by atoms with Crippen LogP contribution in [0.1, 0.15) is 12.6 Å². The zero-order valence-corrected chi connectivity index (χ0v) is 26.7. The molecular formula is C22H33N11O14P2. The molecule has 1 amide bonds. The van der Waals surface area contributed by atoms with Crippen LogP contribution in [0.15, 0.2) is 46.9 Å². The molecule has 10 atom stereocenters. The second-order valence-electron chi connectivity index (χ2n) is 10.2. The van der Waals surface area contributed by atoms with E-state index in [1.54, 1.807) is 6.08 Å². The minimum Gasteiger partial charge on any atom is -0.387 e. The number of phosphoric acid groups is 2. The second kappa shape index (κ2) is 15.8. The first-order chi connectivity index (χ1) is 23.1. The van der Waals surface area contributed by atoms with Crippen molar-refractivity contribution in [1.29, 1.82) is 5.53 Å². The number of hydrogen-bond donors (Lipinski definition) is 10. The number of fused-ring (bicyclic) bond motifs is 1. The smallest absolute Gasteiger partial charge is 0.387 e. The number of phosphoric ester groups is 2. The van der Waals surface area contributed by atoms with Crippen molar-refractivity contribution >= 4 is 44.9 Å². The second-order valence-corrected chi connectivity index (χ2v) is 13.3. The summed E-state index contributed by atoms with van der Waals surface area (Å²) in [5.74, 6) is 3.84. The standard InChI is InChI=1S/C21H29N7O14P2.CH4N4/c22-17-12-19(25-7-24-17)28(8-26-12)21-16(32)14(30)11(41-21)6-39-44(36,37)42-43(34,35)38-5-10-13(29)15(31)20(40-10)27-3-1-2-9(4-27)18(23)33;2-4-1-5-3/h1,3-4,7-8,10-11,13-16,20-21,29-32H,2,5-6H2,(H2,23,33)(H,34,35)(H,36,37)(H2,22,24,25);1-2H,3H2/b;4-2?,5-1+/t10-,11-,13-,14-,15-,16-,20-,21-;/m1./s1. The molecule has 0 spiro atoms. The normalized spacial score (nSPS) is 30.8. The van der Waals surface area contributed by atoms with Crippen molar-refractivity contribution in [2.24, 2.45) is 21.8 Å². The molecule has 0 radical (unpaired) electrons. The molecule has 2 unspecified atom stereocenters. The van der Waals surface area contributed by atoms with Crippen molar-refractivity contribution < 1.29 is 67.0 Å². The summed E-state index contributed by atoms with van der Waals surface area (Å²) in [6.45, 7) is -1.79. The predicted molar refractivity (Wildman–Crippen MR) is 160 cm³/mol. The number of rotatable bonds is 12. The summed E-state index contributed by atoms with van der Waals surface area (Å²) >= 11 is 0. The van der Waals surface area contributed by atoms with Crippen molar-refractivity contribution in [3.05, 3.63) is 36.7 Å². The monoisotopic (exact) mass is 737 g/mol. The van der Waals surface area contributed by atoms with Crippen LogP contribution in [0.25, 0.3) is 11.2 Å². The zero-order valence-electron chi connectivity index (χ0n) is 24.9. The Labute approximate surface area is 274 Å². The Morgan fingerprint density at radius 2 is 1.61 bits per heavy atom. The Morgan fingerprint density at radius 1 is 1.02 bits per heavy atom. The molecule has 0 bridgehead atoms. The molecule has 2 saturated heterocycles. The highest BCUT2D eigenvalue weighted by Gasteiger charge is 2.48. The molecule has 49 heavy (non-hydrogen) atoms. The molecule has 5 heterocycles. The topological polar surface area (TPSA) is 392 Å². The van der Waals surface area contributed by atoms with Crippen LogP contribution in [0.5, 0.6) is 0 Å². The number of hydrogen-bond acceptors (Lipinski definition) is 20. The fourth-order valence-electron chi connectivity index (χ4n) is 4.71. The molecule has 25 nitrogen and oxygen atoms in total. The van der Waals surface area contributed by atoms with Crippen molar-refractivity contribution in [1.82, 2.24) is 24.4 Å². The Morgan fingerprint density at radius 3 is 2.16 bits per heavy atom. The summed E-state index contributed by atoms with van der Waals surface area (Å²) in [5.41, 5.74) is 17.6. The van der Waals surface area contributed by atoms with E-state index in [1.165, 1.54) is 28.2 Å². The first-order valence-electron chi connectivity index (χ1n) is 13.7. The Balaban J connectivity index is 0.00000101. The number of anilines is 1. The third-order valence-electron chi connectivity index (χ3n) is 7.00. The summed E-state index contributed by atoms with van der Waals surface area (Å²) in [7, 11) is -10.7. The lowest BCUT2D eigenvalue weighted by Gasteiger charge is -2.28. The number of allylic oxidation sites excluding steroid dienone is 1. The van der Waals surface area contributed by atoms with Crippen LogP contribution in [-0.4, -0.2) is 123 Å². The first-order valence-corrected chi connectivity index (χ1v) is 16.7. The predicted octanol–water partition coefficient (Wildman–Crippen LogP) is -2.77. The van der Waals surface area contributed by atoms with Crippen LogP contribution in [-0.2, 0) is 36.8 Å². The Kier molecular flexibility index (Phi) is 12.3. The summed E-state index contributed by atoms with van der Waals surface area (Å²) in [5, 5.41) is 47.2. The number of aliphatic hydroxyl groups excluding tert-OH is 4. The molecular weight excluding hydrogens is 704 g/mol. The fourth-order valence-corrected chi connectivity index (χ4v) is 6.80. The van der Waals surface area contributed by atoms with E-state index in [9.17, 15) is 44.1 Å². The number of aromatic nitrogens is 4. The minimum atomic E-state index is -5.37. The SMILES string of the molecule is N=N/C=N/N.NC(=O)C1=CN([C@@H]2O[C@H](COP(=O)(O)OP(=O)(O)OC[C@H]3O[C@@H](n4cnc5c(N)ncnc54)[C@H](O)[C@@H]3O)[C@@H](O)[C@H]2O)C=CC1. The third-order valence-corrected chi connectivity index (χ3v) is 9.60. The maximum atomic E-state index is 12.4. The summed E-state index contributed by atoms with van der Waals surface area (Å²) in [6, 6.07) is 0. The van der Waals surface area contributed by atoms with Gasteiger partial charge in [0.2, 0.25) is 5.91 Å². The van der Waals surface area contributed by atoms with Crippen LogP contribution < -0.4 is 17.3 Å². The number of aliphatic hydroxyl groups is 4. The number of nitrogens with zero attached hydrogens (tertiary/aromatic N) is 7. The van der Waals surface area contributed by atoms with E-state index in [0.717, 1.165) is 12.7 Å². The number of nitrogens with two attached hydrogens (primary N) is 3. The fraction of sp³-hybridized carbons (Fsp3) is 0.500. The van der Waals surface area contributed by atoms with Crippen LogP contribution >= 0.6 is 15.6 Å². The number of nitrogens with one attached hydrogen (secondary N) is 1. The number of imidazole rings is 1. The van der Waals surface area contributed by atoms with E-state index < -0.39 is 83.8 Å². The number of nitrogen functional groups attached to an aromatic ring is 1. The van der Waals surface area contributed by atoms with Crippen molar-refractivity contribution in [2.75, 3.05) is 18.9 Å². The van der Waals surface area contributed by atoms with Gasteiger partial charge in [0.05, 0.1) is 19.5 Å². The first kappa shape index (κ1) is 38.0. The molecule has 3 aliphatic rings. The number of hydrazone groups is 1. The van der Waals surface area contributed by atoms with Crippen LogP contribution in [0.4, 0.5) is 5.82 Å². The van der Waals surface area contributed by atoms with Crippen molar-refractivity contribution in [2.45, 2.75) is 55.5 Å². The molecule has 2 aromatic heterocycles. The molecule has 0 saturated carbocycles. The molecule has 0 aromatic carbocycles. The van der Waals surface area contributed by atoms with Crippen LogP contribution in [0, 0.1) is 5.53 Å². The van der Waals surface area contributed by atoms with Crippen LogP contribution in [0.2, 0.25) is 0 Å². The lowest BCUT2D eigenvalue weighted by atomic mass is 10.1. The van der Waals surface area contributed by atoms with E-state index in [2.05, 4.69) is 35.3 Å². The summed E-state index contributed by atoms with van der Waals surface area (Å²) in [4.78, 5) is 44.6. The molecule has 270 valence electrons. The highest BCUT2D eigenvalue weighted by atomic mass is 31.3. The summed E-state index contributed by atoms with van der Waals surface area (Å²) < 4.78 is 50.8. The number of ether oxygens (including phenoxy) is 2. The molecule has 27 heteroatoms. The number of carbonyl (C=O) groups excluding carboxylic acids is 1. The maximum absolute atomic E-state index is 12.4. The summed E-state index contributed by atoms with van der Waals surface area (Å²) in [6.07, 6.45) is -3.93. The zero-order chi connectivity index (χ0) is 36.1. The average molecular weight is 738 g/mol. The van der Waals surface area contributed by atoms with Crippen LogP contribution in [0.3, 0.4) is 0 Å². The third kappa shape index (κ3) is 9.06. The van der Waals surface area contributed by atoms with Gasteiger partial charge in [-0.05, 0) is 6.42 Å². The van der Waals surface area contributed by atoms with Gasteiger partial charge in [-0.1, -0.05) is 6.08 Å². The van der Waals surface area contributed by atoms with Gasteiger partial charge in [0.25, 0.3) is 0 Å². The van der Waals surface area contributed by atoms with E-state index in [-0.39, 0.29) is 29.0 Å². The van der Waals surface area contributed by atoms with E-state index in [4.69, 9.17) is 35.5 Å². The Hall–Kier alpha value is -3.81. The van der Waals surface area contributed by atoms with Gasteiger partial charge in [-0.25, -0.2) is 29.6 Å². The van der Waals surface area contributed by atoms with Gasteiger partial charge in [-0.3, -0.25) is 18.4 Å². The molecule has 2 fully saturated rings. The lowest BCUT2D eigenvalue weighted by molar-refractivity contribution is -0.115. The van der Waals surface area contributed by atoms with Gasteiger partial charge >= 0.3 is 15.6 Å². The van der Waals surface area contributed by atoms with Gasteiger partial charge < -0.3 is 61.9 Å². The van der Waals surface area contributed by atoms with Gasteiger partial charge in [0, 0.05) is 18.0 Å². The molecule has 0 aliphatic carbocycles. The molecule has 5 rings (SSSR count). The number of carbonyl (C=O) groups is 1. The molecule has 13 N–H and O–H groups in total. The Bertz CT molecular complexity index is 1690. The van der Waals surface area contributed by atoms with Gasteiger partial charge in [0.15, 0.2) is 30.3 Å². The van der Waals surface area contributed by atoms with Gasteiger partial charge in [0.1, 0.15) is 48.5 Å². The quantitative estimate of drug-likeness (QED) is 0.0263. The largest absolute Gasteiger partial charge is 0.481 e. The van der Waals surface area contributed by atoms with Gasteiger partial charge in [-0.2, -0.15) is 9.41 Å². The average Bonchev–Trinajstić information content (AvgIpc) is 3.69. The minimum absolute atomic E-state index is 0.0517. The maximum Gasteiger partial charge on any atom is 0.481 e. The van der Waals surface area contributed by atoms with E-state index >= 15 is 0 Å². The van der Waals surface area contributed by atoms with E-state index in [0.29, 0.717) is 0 Å². The number of primary amides is 1.